The Kier molecular flexibility index (Phi) is 6.45. The maximum absolute atomic E-state index is 6.00. The van der Waals surface area contributed by atoms with Crippen LogP contribution in [0.5, 0.6) is 5.75 Å². The number of rotatable bonds is 9. The van der Waals surface area contributed by atoms with Crippen molar-refractivity contribution in [2.75, 3.05) is 6.54 Å². The van der Waals surface area contributed by atoms with Crippen molar-refractivity contribution in [2.45, 2.75) is 26.0 Å². The fraction of sp³-hybridized carbons (Fsp3) is 0.208. The molecule has 2 N–H and O–H groups in total. The molecule has 1 aromatic heterocycles. The van der Waals surface area contributed by atoms with Crippen molar-refractivity contribution in [2.24, 2.45) is 0 Å². The van der Waals surface area contributed by atoms with Crippen LogP contribution >= 0.6 is 11.6 Å². The topological polar surface area (TPSA) is 49.9 Å². The smallest absolute Gasteiger partial charge is 0.119 e. The average molecular weight is 406 g/mol. The number of fused-ring (bicyclic) bond motifs is 1. The summed E-state index contributed by atoms with van der Waals surface area (Å²) < 4.78 is 5.83. The normalized spacial score (nSPS) is 11.1. The number of nitrogens with zero attached hydrogens (tertiary/aromatic N) is 1. The molecule has 3 aromatic carbocycles. The van der Waals surface area contributed by atoms with E-state index in [-0.39, 0.29) is 0 Å². The maximum atomic E-state index is 6.00. The first-order valence-corrected chi connectivity index (χ1v) is 10.2. The van der Waals surface area contributed by atoms with Gasteiger partial charge in [-0.2, -0.15) is 0 Å². The van der Waals surface area contributed by atoms with Crippen LogP contribution in [0.4, 0.5) is 0 Å². The lowest BCUT2D eigenvalue weighted by Crippen LogP contribution is -2.15. The second-order valence-electron chi connectivity index (χ2n) is 7.04. The van der Waals surface area contributed by atoms with Gasteiger partial charge in [-0.15, -0.1) is 0 Å². The molecule has 0 fully saturated rings. The molecule has 0 bridgehead atoms. The lowest BCUT2D eigenvalue weighted by molar-refractivity contribution is 0.306. The SMILES string of the molecule is Clc1cccc(COc2ccc(CNCCCc3nc4ccccc4[nH]3)cc2)c1. The number of aromatic amines is 1. The van der Waals surface area contributed by atoms with Gasteiger partial charge in [-0.1, -0.05) is 48.0 Å². The average Bonchev–Trinajstić information content (AvgIpc) is 3.16. The third-order valence-corrected chi connectivity index (χ3v) is 4.99. The Morgan fingerprint density at radius 2 is 1.79 bits per heavy atom. The minimum Gasteiger partial charge on any atom is -0.489 e. The van der Waals surface area contributed by atoms with Gasteiger partial charge in [-0.25, -0.2) is 4.98 Å². The largest absolute Gasteiger partial charge is 0.489 e. The van der Waals surface area contributed by atoms with Crippen LogP contribution in [0.1, 0.15) is 23.4 Å². The summed E-state index contributed by atoms with van der Waals surface area (Å²) in [5.41, 5.74) is 4.44. The van der Waals surface area contributed by atoms with Crippen LogP contribution in [0, 0.1) is 0 Å². The molecule has 0 aliphatic heterocycles. The van der Waals surface area contributed by atoms with Gasteiger partial charge in [0.1, 0.15) is 18.2 Å². The van der Waals surface area contributed by atoms with Crippen molar-refractivity contribution in [1.29, 1.82) is 0 Å². The number of hydrogen-bond acceptors (Lipinski definition) is 3. The van der Waals surface area contributed by atoms with Gasteiger partial charge in [0.2, 0.25) is 0 Å². The Hall–Kier alpha value is -2.82. The molecule has 0 atom stereocenters. The van der Waals surface area contributed by atoms with E-state index in [0.29, 0.717) is 6.61 Å². The highest BCUT2D eigenvalue weighted by Gasteiger charge is 2.02. The molecule has 148 valence electrons. The number of benzene rings is 3. The van der Waals surface area contributed by atoms with Crippen molar-refractivity contribution in [1.82, 2.24) is 15.3 Å². The zero-order valence-electron chi connectivity index (χ0n) is 16.2. The highest BCUT2D eigenvalue weighted by molar-refractivity contribution is 6.30. The molecule has 0 spiro atoms. The van der Waals surface area contributed by atoms with Crippen LogP contribution in [-0.2, 0) is 19.6 Å². The van der Waals surface area contributed by atoms with Crippen molar-refractivity contribution in [3.63, 3.8) is 0 Å². The number of imidazole rings is 1. The van der Waals surface area contributed by atoms with Crippen LogP contribution in [0.2, 0.25) is 5.02 Å². The molecule has 0 saturated heterocycles. The number of ether oxygens (including phenoxy) is 1. The van der Waals surface area contributed by atoms with Crippen molar-refractivity contribution >= 4 is 22.6 Å². The molecule has 0 aliphatic rings. The molecule has 1 heterocycles. The van der Waals surface area contributed by atoms with Gasteiger partial charge < -0.3 is 15.0 Å². The second-order valence-corrected chi connectivity index (χ2v) is 7.48. The summed E-state index contributed by atoms with van der Waals surface area (Å²) in [6, 6.07) is 24.1. The minimum absolute atomic E-state index is 0.514. The molecule has 0 aliphatic carbocycles. The third-order valence-electron chi connectivity index (χ3n) is 4.75. The summed E-state index contributed by atoms with van der Waals surface area (Å²) in [6.07, 6.45) is 1.98. The summed E-state index contributed by atoms with van der Waals surface area (Å²) in [5.74, 6) is 1.91. The molecule has 29 heavy (non-hydrogen) atoms. The summed E-state index contributed by atoms with van der Waals surface area (Å²) in [6.45, 7) is 2.30. The van der Waals surface area contributed by atoms with Crippen LogP contribution in [0.25, 0.3) is 11.0 Å². The molecule has 4 rings (SSSR count). The molecule has 0 radical (unpaired) electrons. The van der Waals surface area contributed by atoms with Crippen LogP contribution < -0.4 is 10.1 Å². The summed E-state index contributed by atoms with van der Waals surface area (Å²) >= 11 is 6.00. The van der Waals surface area contributed by atoms with E-state index in [1.165, 1.54) is 5.56 Å². The Bertz CT molecular complexity index is 1030. The zero-order valence-corrected chi connectivity index (χ0v) is 17.0. The lowest BCUT2D eigenvalue weighted by Gasteiger charge is -2.08. The number of para-hydroxylation sites is 2. The predicted molar refractivity (Wildman–Crippen MR) is 118 cm³/mol. The van der Waals surface area contributed by atoms with E-state index in [0.717, 1.165) is 59.1 Å². The minimum atomic E-state index is 0.514. The molecular formula is C24H24ClN3O. The molecule has 5 heteroatoms. The first-order valence-electron chi connectivity index (χ1n) is 9.87. The van der Waals surface area contributed by atoms with Crippen molar-refractivity contribution < 1.29 is 4.74 Å². The van der Waals surface area contributed by atoms with Gasteiger partial charge in [0.05, 0.1) is 11.0 Å². The third kappa shape index (κ3) is 5.59. The lowest BCUT2D eigenvalue weighted by atomic mass is 10.2. The molecule has 0 saturated carbocycles. The van der Waals surface area contributed by atoms with E-state index < -0.39 is 0 Å². The summed E-state index contributed by atoms with van der Waals surface area (Å²) in [4.78, 5) is 7.99. The number of hydrogen-bond donors (Lipinski definition) is 2. The highest BCUT2D eigenvalue weighted by atomic mass is 35.5. The van der Waals surface area contributed by atoms with Gasteiger partial charge in [-0.05, 0) is 60.5 Å². The van der Waals surface area contributed by atoms with E-state index in [4.69, 9.17) is 16.3 Å². The zero-order chi connectivity index (χ0) is 19.9. The molecular weight excluding hydrogens is 382 g/mol. The van der Waals surface area contributed by atoms with Crippen molar-refractivity contribution in [3.05, 3.63) is 94.8 Å². The van der Waals surface area contributed by atoms with E-state index in [1.807, 2.05) is 54.6 Å². The molecule has 0 amide bonds. The summed E-state index contributed by atoms with van der Waals surface area (Å²) in [5, 5.41) is 4.22. The van der Waals surface area contributed by atoms with Gasteiger partial charge in [0.15, 0.2) is 0 Å². The second kappa shape index (κ2) is 9.59. The monoisotopic (exact) mass is 405 g/mol. The maximum Gasteiger partial charge on any atom is 0.119 e. The van der Waals surface area contributed by atoms with Crippen LogP contribution in [0.15, 0.2) is 72.8 Å². The van der Waals surface area contributed by atoms with E-state index in [2.05, 4.69) is 33.5 Å². The van der Waals surface area contributed by atoms with Crippen LogP contribution in [0.3, 0.4) is 0 Å². The molecule has 4 aromatic rings. The number of nitrogens with one attached hydrogen (secondary N) is 2. The fourth-order valence-corrected chi connectivity index (χ4v) is 3.45. The van der Waals surface area contributed by atoms with Gasteiger partial charge >= 0.3 is 0 Å². The van der Waals surface area contributed by atoms with Gasteiger partial charge in [0, 0.05) is 18.0 Å². The van der Waals surface area contributed by atoms with Gasteiger partial charge in [0.25, 0.3) is 0 Å². The fourth-order valence-electron chi connectivity index (χ4n) is 3.23. The Labute approximate surface area is 175 Å². The Balaban J connectivity index is 1.17. The number of aromatic nitrogens is 2. The predicted octanol–water partition coefficient (Wildman–Crippen LogP) is 5.52. The number of halogens is 1. The van der Waals surface area contributed by atoms with E-state index in [9.17, 15) is 0 Å². The first kappa shape index (κ1) is 19.5. The Morgan fingerprint density at radius 1 is 0.931 bits per heavy atom. The van der Waals surface area contributed by atoms with E-state index in [1.54, 1.807) is 0 Å². The molecule has 4 nitrogen and oxygen atoms in total. The van der Waals surface area contributed by atoms with Crippen molar-refractivity contribution in [3.8, 4) is 5.75 Å². The number of aryl methyl sites for hydroxylation is 1. The summed E-state index contributed by atoms with van der Waals surface area (Å²) in [7, 11) is 0. The van der Waals surface area contributed by atoms with Crippen LogP contribution in [-0.4, -0.2) is 16.5 Å². The molecule has 0 unspecified atom stereocenters. The van der Waals surface area contributed by atoms with E-state index >= 15 is 0 Å². The van der Waals surface area contributed by atoms with Gasteiger partial charge in [-0.3, -0.25) is 0 Å². The number of H-pyrrole nitrogens is 1. The first-order chi connectivity index (χ1) is 14.3. The Morgan fingerprint density at radius 3 is 2.62 bits per heavy atom. The standard InChI is InChI=1S/C24H24ClN3O/c25-20-6-3-5-19(15-20)17-29-21-12-10-18(11-13-21)16-26-14-4-9-24-27-22-7-1-2-8-23(22)28-24/h1-3,5-8,10-13,15,26H,4,9,14,16-17H2,(H,27,28). The quantitative estimate of drug-likeness (QED) is 0.360. The highest BCUT2D eigenvalue weighted by Crippen LogP contribution is 2.16.